The van der Waals surface area contributed by atoms with Crippen molar-refractivity contribution < 1.29 is 23.8 Å². The van der Waals surface area contributed by atoms with Crippen LogP contribution in [0.1, 0.15) is 62.2 Å². The van der Waals surface area contributed by atoms with E-state index >= 15 is 0 Å². The number of halogens is 1. The predicted molar refractivity (Wildman–Crippen MR) is 102 cm³/mol. The van der Waals surface area contributed by atoms with Gasteiger partial charge >= 0.3 is 5.97 Å². The summed E-state index contributed by atoms with van der Waals surface area (Å²) in [4.78, 5) is 24.8. The fourth-order valence-electron chi connectivity index (χ4n) is 3.37. The Hall–Kier alpha value is -1.95. The number of carbonyl (C=O) groups excluding carboxylic acids is 2. The van der Waals surface area contributed by atoms with Gasteiger partial charge in [0.25, 0.3) is 5.91 Å². The number of rotatable bonds is 4. The van der Waals surface area contributed by atoms with Crippen LogP contribution in [0.2, 0.25) is 5.02 Å². The Bertz CT molecular complexity index is 685. The fraction of sp³-hybridized carbons (Fsp3) is 0.600. The van der Waals surface area contributed by atoms with Crippen molar-refractivity contribution in [3.05, 3.63) is 22.7 Å². The number of hydrogen-bond acceptors (Lipinski definition) is 5. The van der Waals surface area contributed by atoms with Crippen molar-refractivity contribution in [3.63, 3.8) is 0 Å². The molecule has 6 nitrogen and oxygen atoms in total. The molecule has 1 N–H and O–H groups in total. The smallest absolute Gasteiger partial charge is 0.339 e. The van der Waals surface area contributed by atoms with Crippen molar-refractivity contribution in [1.82, 2.24) is 5.32 Å². The number of benzene rings is 1. The number of nitrogens with one attached hydrogen (secondary N) is 1. The summed E-state index contributed by atoms with van der Waals surface area (Å²) in [6.07, 6.45) is 6.47. The molecule has 1 saturated carbocycles. The van der Waals surface area contributed by atoms with Crippen LogP contribution in [-0.2, 0) is 9.53 Å². The van der Waals surface area contributed by atoms with Crippen molar-refractivity contribution in [3.8, 4) is 11.5 Å². The van der Waals surface area contributed by atoms with Crippen LogP contribution < -0.4 is 14.8 Å². The Morgan fingerprint density at radius 3 is 2.56 bits per heavy atom. The molecule has 0 unspecified atom stereocenters. The molecule has 2 aliphatic rings. The Labute approximate surface area is 164 Å². The summed E-state index contributed by atoms with van der Waals surface area (Å²) in [6.45, 7) is 2.57. The third-order valence-electron chi connectivity index (χ3n) is 4.89. The minimum atomic E-state index is -0.879. The van der Waals surface area contributed by atoms with Gasteiger partial charge in [-0.3, -0.25) is 4.79 Å². The maximum Gasteiger partial charge on any atom is 0.339 e. The predicted octanol–water partition coefficient (Wildman–Crippen LogP) is 3.89. The second-order valence-corrected chi connectivity index (χ2v) is 7.49. The van der Waals surface area contributed by atoms with Crippen molar-refractivity contribution in [2.45, 2.75) is 64.0 Å². The van der Waals surface area contributed by atoms with Crippen LogP contribution in [0.4, 0.5) is 0 Å². The van der Waals surface area contributed by atoms with E-state index in [1.165, 1.54) is 18.9 Å². The Morgan fingerprint density at radius 1 is 1.11 bits per heavy atom. The zero-order chi connectivity index (χ0) is 19.2. The minimum Gasteiger partial charge on any atom is -0.489 e. The summed E-state index contributed by atoms with van der Waals surface area (Å²) in [7, 11) is 0. The number of fused-ring (bicyclic) bond motifs is 1. The molecule has 1 aliphatic heterocycles. The number of ether oxygens (including phenoxy) is 3. The third kappa shape index (κ3) is 5.28. The van der Waals surface area contributed by atoms with Crippen molar-refractivity contribution in [2.24, 2.45) is 0 Å². The highest BCUT2D eigenvalue weighted by atomic mass is 35.5. The largest absolute Gasteiger partial charge is 0.489 e. The lowest BCUT2D eigenvalue weighted by Gasteiger charge is -2.20. The molecule has 1 atom stereocenters. The molecule has 148 valence electrons. The lowest BCUT2D eigenvalue weighted by molar-refractivity contribution is -0.129. The summed E-state index contributed by atoms with van der Waals surface area (Å²) in [5, 5.41) is 3.29. The van der Waals surface area contributed by atoms with Crippen molar-refractivity contribution >= 4 is 23.5 Å². The Morgan fingerprint density at radius 2 is 1.81 bits per heavy atom. The molecule has 0 radical (unpaired) electrons. The number of hydrogen-bond donors (Lipinski definition) is 1. The second kappa shape index (κ2) is 9.31. The van der Waals surface area contributed by atoms with Crippen LogP contribution in [0.15, 0.2) is 12.1 Å². The number of carbonyl (C=O) groups is 2. The quantitative estimate of drug-likeness (QED) is 0.618. The molecule has 0 spiro atoms. The van der Waals surface area contributed by atoms with E-state index in [-0.39, 0.29) is 22.5 Å². The molecule has 1 amide bonds. The first-order chi connectivity index (χ1) is 13.0. The second-order valence-electron chi connectivity index (χ2n) is 7.08. The van der Waals surface area contributed by atoms with Crippen LogP contribution in [-0.4, -0.2) is 37.2 Å². The van der Waals surface area contributed by atoms with Gasteiger partial charge in [-0.25, -0.2) is 4.79 Å². The zero-order valence-corrected chi connectivity index (χ0v) is 16.3. The maximum atomic E-state index is 12.5. The van der Waals surface area contributed by atoms with E-state index in [0.717, 1.165) is 32.1 Å². The van der Waals surface area contributed by atoms with E-state index in [1.54, 1.807) is 13.0 Å². The van der Waals surface area contributed by atoms with E-state index in [4.69, 9.17) is 25.8 Å². The standard InChI is InChI=1S/C20H26ClNO5/c1-13(19(23)22-15-7-4-2-3-5-8-15)27-20(24)14-11-16(21)18-17(12-14)25-9-6-10-26-18/h11-13,15H,2-10H2,1H3,(H,22,23)/t13-/m0/s1. The molecule has 27 heavy (non-hydrogen) atoms. The first-order valence-corrected chi connectivity index (χ1v) is 10.0. The monoisotopic (exact) mass is 395 g/mol. The molecule has 1 heterocycles. The molecule has 3 rings (SSSR count). The summed E-state index contributed by atoms with van der Waals surface area (Å²) in [6, 6.07) is 3.19. The van der Waals surface area contributed by atoms with E-state index in [0.29, 0.717) is 24.7 Å². The Balaban J connectivity index is 1.61. The topological polar surface area (TPSA) is 73.9 Å². The van der Waals surface area contributed by atoms with Gasteiger partial charge in [0.05, 0.1) is 23.8 Å². The van der Waals surface area contributed by atoms with Gasteiger partial charge in [-0.15, -0.1) is 0 Å². The van der Waals surface area contributed by atoms with Gasteiger partial charge in [0, 0.05) is 12.5 Å². The zero-order valence-electron chi connectivity index (χ0n) is 15.6. The van der Waals surface area contributed by atoms with Gasteiger partial charge in [0.1, 0.15) is 0 Å². The lowest BCUT2D eigenvalue weighted by atomic mass is 10.1. The summed E-state index contributed by atoms with van der Waals surface area (Å²) >= 11 is 6.22. The minimum absolute atomic E-state index is 0.161. The molecular formula is C20H26ClNO5. The molecule has 0 aromatic heterocycles. The average molecular weight is 396 g/mol. The normalized spacial score (nSPS) is 18.7. The van der Waals surface area contributed by atoms with Crippen molar-refractivity contribution in [2.75, 3.05) is 13.2 Å². The van der Waals surface area contributed by atoms with E-state index < -0.39 is 12.1 Å². The van der Waals surface area contributed by atoms with Crippen LogP contribution in [0.25, 0.3) is 0 Å². The third-order valence-corrected chi connectivity index (χ3v) is 5.17. The Kier molecular flexibility index (Phi) is 6.83. The van der Waals surface area contributed by atoms with Gasteiger partial charge in [0.2, 0.25) is 0 Å². The van der Waals surface area contributed by atoms with Gasteiger partial charge < -0.3 is 19.5 Å². The molecule has 1 aliphatic carbocycles. The summed E-state index contributed by atoms with van der Waals surface area (Å²) < 4.78 is 16.5. The molecule has 7 heteroatoms. The van der Waals surface area contributed by atoms with Gasteiger partial charge in [-0.2, -0.15) is 0 Å². The highest BCUT2D eigenvalue weighted by Crippen LogP contribution is 2.38. The molecular weight excluding hydrogens is 370 g/mol. The molecule has 1 aromatic carbocycles. The highest BCUT2D eigenvalue weighted by molar-refractivity contribution is 6.32. The van der Waals surface area contributed by atoms with E-state index in [2.05, 4.69) is 5.32 Å². The summed E-state index contributed by atoms with van der Waals surface area (Å²) in [5.74, 6) is -0.0286. The molecule has 0 bridgehead atoms. The van der Waals surface area contributed by atoms with Gasteiger partial charge in [-0.05, 0) is 31.9 Å². The van der Waals surface area contributed by atoms with Gasteiger partial charge in [0.15, 0.2) is 17.6 Å². The molecule has 1 aromatic rings. The number of amides is 1. The SMILES string of the molecule is C[C@H](OC(=O)c1cc(Cl)c2c(c1)OCCCO2)C(=O)NC1CCCCCC1. The van der Waals surface area contributed by atoms with Crippen LogP contribution in [0.5, 0.6) is 11.5 Å². The molecule has 0 saturated heterocycles. The van der Waals surface area contributed by atoms with E-state index in [9.17, 15) is 9.59 Å². The van der Waals surface area contributed by atoms with Crippen LogP contribution >= 0.6 is 11.6 Å². The fourth-order valence-corrected chi connectivity index (χ4v) is 3.64. The maximum absolute atomic E-state index is 12.5. The lowest BCUT2D eigenvalue weighted by Crippen LogP contribution is -2.41. The van der Waals surface area contributed by atoms with E-state index in [1.807, 2.05) is 0 Å². The first kappa shape index (κ1) is 19.8. The first-order valence-electron chi connectivity index (χ1n) is 9.65. The van der Waals surface area contributed by atoms with Crippen LogP contribution in [0, 0.1) is 0 Å². The number of esters is 1. The molecule has 1 fully saturated rings. The highest BCUT2D eigenvalue weighted by Gasteiger charge is 2.24. The average Bonchev–Trinajstić information content (AvgIpc) is 3.04. The summed E-state index contributed by atoms with van der Waals surface area (Å²) in [5.41, 5.74) is 0.235. The van der Waals surface area contributed by atoms with Gasteiger partial charge in [-0.1, -0.05) is 37.3 Å². The van der Waals surface area contributed by atoms with Crippen molar-refractivity contribution in [1.29, 1.82) is 0 Å². The van der Waals surface area contributed by atoms with Crippen LogP contribution in [0.3, 0.4) is 0 Å².